The van der Waals surface area contributed by atoms with Crippen LogP contribution in [0.25, 0.3) is 22.1 Å². The summed E-state index contributed by atoms with van der Waals surface area (Å²) in [5.74, 6) is 0.453. The molecule has 0 unspecified atom stereocenters. The van der Waals surface area contributed by atoms with E-state index in [0.717, 1.165) is 22.1 Å². The number of carbonyl (C=O) groups is 1. The summed E-state index contributed by atoms with van der Waals surface area (Å²) in [7, 11) is 0. The molecule has 1 amide bonds. The molecule has 2 aromatic heterocycles. The smallest absolute Gasteiger partial charge is 0.329 e. The molecule has 0 spiro atoms. The Bertz CT molecular complexity index is 1120. The topological polar surface area (TPSA) is 84.7 Å². The Morgan fingerprint density at radius 1 is 1.08 bits per heavy atom. The lowest BCUT2D eigenvalue weighted by Gasteiger charge is -2.04. The summed E-state index contributed by atoms with van der Waals surface area (Å²) in [4.78, 5) is 32.6. The molecule has 132 valence electrons. The predicted molar refractivity (Wildman–Crippen MR) is 99.8 cm³/mol. The lowest BCUT2D eigenvalue weighted by atomic mass is 10.3. The second-order valence-electron chi connectivity index (χ2n) is 6.08. The zero-order valence-corrected chi connectivity index (χ0v) is 14.4. The maximum atomic E-state index is 12.6. The average molecular weight is 349 g/mol. The number of amides is 1. The largest absolute Gasteiger partial charge is 0.347 e. The molecule has 0 saturated heterocycles. The summed E-state index contributed by atoms with van der Waals surface area (Å²) in [5.41, 5.74) is 3.22. The van der Waals surface area contributed by atoms with E-state index in [1.807, 2.05) is 55.5 Å². The second kappa shape index (κ2) is 6.51. The Morgan fingerprint density at radius 2 is 1.77 bits per heavy atom. The van der Waals surface area contributed by atoms with Crippen molar-refractivity contribution in [1.29, 1.82) is 0 Å². The van der Waals surface area contributed by atoms with Gasteiger partial charge >= 0.3 is 5.69 Å². The van der Waals surface area contributed by atoms with Gasteiger partial charge in [0.15, 0.2) is 0 Å². The van der Waals surface area contributed by atoms with Crippen LogP contribution in [0.15, 0.2) is 53.3 Å². The van der Waals surface area contributed by atoms with E-state index in [2.05, 4.69) is 15.3 Å². The van der Waals surface area contributed by atoms with Crippen molar-refractivity contribution in [2.45, 2.75) is 26.6 Å². The molecular weight excluding hydrogens is 330 g/mol. The Morgan fingerprint density at radius 3 is 2.50 bits per heavy atom. The van der Waals surface area contributed by atoms with Gasteiger partial charge in [0.25, 0.3) is 0 Å². The number of H-pyrrole nitrogens is 1. The van der Waals surface area contributed by atoms with E-state index >= 15 is 0 Å². The van der Waals surface area contributed by atoms with Gasteiger partial charge in [0.2, 0.25) is 5.91 Å². The fraction of sp³-hybridized carbons (Fsp3) is 0.211. The first-order valence-electron chi connectivity index (χ1n) is 8.55. The summed E-state index contributed by atoms with van der Waals surface area (Å²) < 4.78 is 3.18. The number of imidazole rings is 2. The van der Waals surface area contributed by atoms with Gasteiger partial charge in [0.05, 0.1) is 28.6 Å². The molecule has 4 aromatic rings. The van der Waals surface area contributed by atoms with E-state index in [1.165, 1.54) is 4.57 Å². The van der Waals surface area contributed by atoms with Crippen molar-refractivity contribution in [3.8, 4) is 0 Å². The van der Waals surface area contributed by atoms with E-state index in [1.54, 1.807) is 4.57 Å². The lowest BCUT2D eigenvalue weighted by Crippen LogP contribution is -2.33. The number of hydrogen-bond acceptors (Lipinski definition) is 3. The number of carbonyl (C=O) groups excluding carboxylic acids is 1. The third-order valence-electron chi connectivity index (χ3n) is 4.43. The Kier molecular flexibility index (Phi) is 4.04. The van der Waals surface area contributed by atoms with Crippen LogP contribution in [0.3, 0.4) is 0 Å². The highest BCUT2D eigenvalue weighted by Gasteiger charge is 2.14. The number of rotatable bonds is 5. The zero-order chi connectivity index (χ0) is 18.1. The van der Waals surface area contributed by atoms with E-state index in [0.29, 0.717) is 12.4 Å². The maximum Gasteiger partial charge on any atom is 0.329 e. The predicted octanol–water partition coefficient (Wildman–Crippen LogP) is 2.02. The Hall–Kier alpha value is -3.35. The molecule has 7 heteroatoms. The quantitative estimate of drug-likeness (QED) is 0.578. The molecule has 7 nitrogen and oxygen atoms in total. The SMILES string of the molecule is CCn1c(=O)n(CC(=O)NCc2nc3ccccc3[nH]2)c2ccccc21. The number of aryl methyl sites for hydroxylation is 1. The minimum Gasteiger partial charge on any atom is -0.347 e. The number of nitrogens with zero attached hydrogens (tertiary/aromatic N) is 3. The van der Waals surface area contributed by atoms with Crippen molar-refractivity contribution in [3.63, 3.8) is 0 Å². The minimum atomic E-state index is -0.230. The van der Waals surface area contributed by atoms with E-state index in [-0.39, 0.29) is 24.7 Å². The molecule has 0 atom stereocenters. The van der Waals surface area contributed by atoms with Gasteiger partial charge in [-0.1, -0.05) is 24.3 Å². The number of aromatic nitrogens is 4. The highest BCUT2D eigenvalue weighted by Crippen LogP contribution is 2.13. The van der Waals surface area contributed by atoms with Gasteiger partial charge < -0.3 is 10.3 Å². The van der Waals surface area contributed by atoms with E-state index < -0.39 is 0 Å². The molecule has 4 rings (SSSR count). The monoisotopic (exact) mass is 349 g/mol. The summed E-state index contributed by atoms with van der Waals surface area (Å²) in [6.07, 6.45) is 0. The molecule has 0 radical (unpaired) electrons. The first-order valence-corrected chi connectivity index (χ1v) is 8.55. The van der Waals surface area contributed by atoms with Crippen LogP contribution < -0.4 is 11.0 Å². The maximum absolute atomic E-state index is 12.6. The lowest BCUT2D eigenvalue weighted by molar-refractivity contribution is -0.121. The van der Waals surface area contributed by atoms with Gasteiger partial charge in [-0.05, 0) is 31.2 Å². The molecule has 2 N–H and O–H groups in total. The molecule has 26 heavy (non-hydrogen) atoms. The van der Waals surface area contributed by atoms with Crippen molar-refractivity contribution >= 4 is 28.0 Å². The molecule has 0 aliphatic carbocycles. The van der Waals surface area contributed by atoms with Crippen LogP contribution in [0.1, 0.15) is 12.7 Å². The number of aromatic amines is 1. The Balaban J connectivity index is 1.52. The van der Waals surface area contributed by atoms with Crippen LogP contribution in [0, 0.1) is 0 Å². The van der Waals surface area contributed by atoms with Crippen molar-refractivity contribution in [3.05, 3.63) is 64.8 Å². The van der Waals surface area contributed by atoms with Gasteiger partial charge in [0.1, 0.15) is 12.4 Å². The molecule has 2 aromatic carbocycles. The number of fused-ring (bicyclic) bond motifs is 2. The second-order valence-corrected chi connectivity index (χ2v) is 6.08. The fourth-order valence-corrected chi connectivity index (χ4v) is 3.20. The van der Waals surface area contributed by atoms with E-state index in [9.17, 15) is 9.59 Å². The van der Waals surface area contributed by atoms with Crippen LogP contribution >= 0.6 is 0 Å². The first-order chi connectivity index (χ1) is 12.7. The van der Waals surface area contributed by atoms with Gasteiger partial charge in [-0.25, -0.2) is 9.78 Å². The van der Waals surface area contributed by atoms with Crippen molar-refractivity contribution < 1.29 is 4.79 Å². The van der Waals surface area contributed by atoms with Crippen LogP contribution in [0.5, 0.6) is 0 Å². The normalized spacial score (nSPS) is 11.3. The van der Waals surface area contributed by atoms with Crippen LogP contribution in [-0.4, -0.2) is 25.0 Å². The van der Waals surface area contributed by atoms with Gasteiger partial charge in [-0.2, -0.15) is 0 Å². The van der Waals surface area contributed by atoms with Crippen LogP contribution in [-0.2, 0) is 24.4 Å². The van der Waals surface area contributed by atoms with E-state index in [4.69, 9.17) is 0 Å². The third-order valence-corrected chi connectivity index (χ3v) is 4.43. The number of para-hydroxylation sites is 4. The van der Waals surface area contributed by atoms with Crippen LogP contribution in [0.4, 0.5) is 0 Å². The molecule has 0 fully saturated rings. The average Bonchev–Trinajstić information content (AvgIpc) is 3.19. The fourth-order valence-electron chi connectivity index (χ4n) is 3.20. The van der Waals surface area contributed by atoms with Crippen LogP contribution in [0.2, 0.25) is 0 Å². The molecule has 0 saturated carbocycles. The van der Waals surface area contributed by atoms with Gasteiger partial charge in [-0.3, -0.25) is 13.9 Å². The standard InChI is InChI=1S/C19H19N5O2/c1-2-23-15-9-5-6-10-16(15)24(19(23)26)12-18(25)20-11-17-21-13-7-3-4-8-14(13)22-17/h3-10H,2,11-12H2,1H3,(H,20,25)(H,21,22). The summed E-state index contributed by atoms with van der Waals surface area (Å²) >= 11 is 0. The third kappa shape index (κ3) is 2.77. The van der Waals surface area contributed by atoms with Crippen molar-refractivity contribution in [2.24, 2.45) is 0 Å². The number of hydrogen-bond donors (Lipinski definition) is 2. The highest BCUT2D eigenvalue weighted by atomic mass is 16.2. The molecule has 0 aliphatic heterocycles. The number of benzene rings is 2. The molecular formula is C19H19N5O2. The zero-order valence-electron chi connectivity index (χ0n) is 14.4. The first kappa shape index (κ1) is 16.1. The Labute approximate surface area is 149 Å². The number of nitrogens with one attached hydrogen (secondary N) is 2. The molecule has 0 aliphatic rings. The van der Waals surface area contributed by atoms with Gasteiger partial charge in [0, 0.05) is 6.54 Å². The summed E-state index contributed by atoms with van der Waals surface area (Å²) in [6.45, 7) is 2.74. The van der Waals surface area contributed by atoms with Crippen molar-refractivity contribution in [2.75, 3.05) is 0 Å². The van der Waals surface area contributed by atoms with Crippen molar-refractivity contribution in [1.82, 2.24) is 24.4 Å². The summed E-state index contributed by atoms with van der Waals surface area (Å²) in [6, 6.07) is 15.2. The molecule has 0 bridgehead atoms. The summed E-state index contributed by atoms with van der Waals surface area (Å²) in [5, 5.41) is 2.83. The van der Waals surface area contributed by atoms with Gasteiger partial charge in [-0.15, -0.1) is 0 Å². The molecule has 2 heterocycles. The highest BCUT2D eigenvalue weighted by molar-refractivity contribution is 5.81. The minimum absolute atomic E-state index is 0.0213.